The predicted molar refractivity (Wildman–Crippen MR) is 59.9 cm³/mol. The van der Waals surface area contributed by atoms with Crippen molar-refractivity contribution < 1.29 is 9.90 Å². The lowest BCUT2D eigenvalue weighted by Crippen LogP contribution is -2.25. The maximum atomic E-state index is 11.6. The van der Waals surface area contributed by atoms with E-state index in [2.05, 4.69) is 11.9 Å². The van der Waals surface area contributed by atoms with E-state index in [0.717, 1.165) is 5.56 Å². The van der Waals surface area contributed by atoms with Crippen LogP contribution in [-0.4, -0.2) is 17.6 Å². The van der Waals surface area contributed by atoms with E-state index in [1.165, 1.54) is 0 Å². The number of hydrogen-bond acceptors (Lipinski definition) is 2. The topological polar surface area (TPSA) is 49.3 Å². The summed E-state index contributed by atoms with van der Waals surface area (Å²) in [7, 11) is 0. The Labute approximate surface area is 89.4 Å². The number of nitrogens with one attached hydrogen (secondary N) is 1. The lowest BCUT2D eigenvalue weighted by atomic mass is 10.1. The van der Waals surface area contributed by atoms with E-state index in [1.54, 1.807) is 6.07 Å². The Bertz CT molecular complexity index is 372. The van der Waals surface area contributed by atoms with Gasteiger partial charge in [-0.05, 0) is 18.6 Å². The Balaban J connectivity index is 2.54. The van der Waals surface area contributed by atoms with Crippen molar-refractivity contribution in [3.05, 3.63) is 47.7 Å². The predicted octanol–water partition coefficient (Wildman–Crippen LogP) is 2.19. The minimum atomic E-state index is -0.116. The van der Waals surface area contributed by atoms with Gasteiger partial charge >= 0.3 is 0 Å². The number of rotatable bonds is 4. The molecule has 3 nitrogen and oxygen atoms in total. The van der Waals surface area contributed by atoms with Gasteiger partial charge in [-0.25, -0.2) is 0 Å². The number of hydrogen-bond donors (Lipinski definition) is 2. The first-order chi connectivity index (χ1) is 7.11. The van der Waals surface area contributed by atoms with Gasteiger partial charge in [0.1, 0.15) is 0 Å². The molecule has 1 amide bonds. The van der Waals surface area contributed by atoms with Crippen molar-refractivity contribution in [2.45, 2.75) is 13.3 Å². The Morgan fingerprint density at radius 3 is 2.73 bits per heavy atom. The fraction of sp³-hybridized carbons (Fsp3) is 0.250. The van der Waals surface area contributed by atoms with Gasteiger partial charge in [-0.2, -0.15) is 0 Å². The van der Waals surface area contributed by atoms with Gasteiger partial charge in [-0.1, -0.05) is 24.8 Å². The molecule has 1 aromatic rings. The Morgan fingerprint density at radius 2 is 2.13 bits per heavy atom. The van der Waals surface area contributed by atoms with Crippen LogP contribution in [-0.2, 0) is 0 Å². The molecule has 0 spiro atoms. The highest BCUT2D eigenvalue weighted by Gasteiger charge is 2.06. The Hall–Kier alpha value is -1.77. The maximum Gasteiger partial charge on any atom is 0.251 e. The molecular formula is C12H15NO2. The molecule has 0 saturated heterocycles. The highest BCUT2D eigenvalue weighted by Crippen LogP contribution is 2.06. The summed E-state index contributed by atoms with van der Waals surface area (Å²) in [4.78, 5) is 11.6. The van der Waals surface area contributed by atoms with Crippen LogP contribution in [0.25, 0.3) is 0 Å². The summed E-state index contributed by atoms with van der Waals surface area (Å²) in [5, 5.41) is 11.6. The molecule has 1 rings (SSSR count). The van der Waals surface area contributed by atoms with Crippen molar-refractivity contribution >= 4 is 5.91 Å². The molecule has 0 unspecified atom stereocenters. The fourth-order valence-corrected chi connectivity index (χ4v) is 1.24. The molecule has 0 saturated carbocycles. The zero-order valence-corrected chi connectivity index (χ0v) is 8.79. The molecule has 0 aliphatic carbocycles. The van der Waals surface area contributed by atoms with Crippen molar-refractivity contribution in [1.29, 1.82) is 0 Å². The van der Waals surface area contributed by atoms with Crippen LogP contribution >= 0.6 is 0 Å². The van der Waals surface area contributed by atoms with E-state index in [0.29, 0.717) is 18.5 Å². The minimum Gasteiger partial charge on any atom is -0.513 e. The average Bonchev–Trinajstić information content (AvgIpc) is 2.17. The van der Waals surface area contributed by atoms with Gasteiger partial charge in [0.2, 0.25) is 0 Å². The molecule has 15 heavy (non-hydrogen) atoms. The normalized spacial score (nSPS) is 9.67. The van der Waals surface area contributed by atoms with Crippen LogP contribution in [0.15, 0.2) is 36.6 Å². The molecule has 0 bridgehead atoms. The van der Waals surface area contributed by atoms with Crippen molar-refractivity contribution in [3.63, 3.8) is 0 Å². The van der Waals surface area contributed by atoms with Crippen molar-refractivity contribution in [2.24, 2.45) is 0 Å². The summed E-state index contributed by atoms with van der Waals surface area (Å²) in [5.74, 6) is -0.0329. The first-order valence-corrected chi connectivity index (χ1v) is 4.82. The largest absolute Gasteiger partial charge is 0.513 e. The quantitative estimate of drug-likeness (QED) is 0.740. The summed E-state index contributed by atoms with van der Waals surface area (Å²) in [6.07, 6.45) is 0.387. The number of benzene rings is 1. The van der Waals surface area contributed by atoms with Crippen LogP contribution in [0.2, 0.25) is 0 Å². The molecule has 2 N–H and O–H groups in total. The van der Waals surface area contributed by atoms with E-state index in [1.807, 2.05) is 25.1 Å². The lowest BCUT2D eigenvalue weighted by molar-refractivity contribution is 0.0952. The maximum absolute atomic E-state index is 11.6. The molecule has 0 radical (unpaired) electrons. The van der Waals surface area contributed by atoms with Crippen molar-refractivity contribution in [2.75, 3.05) is 6.54 Å². The summed E-state index contributed by atoms with van der Waals surface area (Å²) >= 11 is 0. The number of aryl methyl sites for hydroxylation is 1. The number of aliphatic hydroxyl groups excluding tert-OH is 1. The van der Waals surface area contributed by atoms with E-state index >= 15 is 0 Å². The molecule has 0 aliphatic heterocycles. The molecule has 0 aliphatic rings. The third kappa shape index (κ3) is 3.46. The van der Waals surface area contributed by atoms with Gasteiger partial charge in [0, 0.05) is 18.5 Å². The lowest BCUT2D eigenvalue weighted by Gasteiger charge is -2.06. The van der Waals surface area contributed by atoms with E-state index < -0.39 is 0 Å². The van der Waals surface area contributed by atoms with Crippen LogP contribution in [0.1, 0.15) is 22.3 Å². The number of carbonyl (C=O) groups excluding carboxylic acids is 1. The minimum absolute atomic E-state index is 0.0834. The van der Waals surface area contributed by atoms with E-state index in [9.17, 15) is 4.79 Å². The highest BCUT2D eigenvalue weighted by atomic mass is 16.3. The molecule has 0 atom stereocenters. The second kappa shape index (κ2) is 5.20. The monoisotopic (exact) mass is 205 g/mol. The van der Waals surface area contributed by atoms with Gasteiger partial charge in [-0.3, -0.25) is 4.79 Å². The zero-order chi connectivity index (χ0) is 11.3. The van der Waals surface area contributed by atoms with Crippen LogP contribution in [0.3, 0.4) is 0 Å². The van der Waals surface area contributed by atoms with Crippen LogP contribution in [0.5, 0.6) is 0 Å². The average molecular weight is 205 g/mol. The van der Waals surface area contributed by atoms with Crippen molar-refractivity contribution in [3.8, 4) is 0 Å². The SMILES string of the molecule is C=C(O)CCNC(=O)c1ccccc1C. The third-order valence-corrected chi connectivity index (χ3v) is 2.09. The van der Waals surface area contributed by atoms with E-state index in [4.69, 9.17) is 5.11 Å². The first kappa shape index (κ1) is 11.3. The van der Waals surface area contributed by atoms with Gasteiger partial charge in [0.25, 0.3) is 5.91 Å². The number of aliphatic hydroxyl groups is 1. The number of amides is 1. The molecule has 80 valence electrons. The summed E-state index contributed by atoms with van der Waals surface area (Å²) in [6.45, 7) is 5.64. The number of carbonyl (C=O) groups is 1. The molecule has 0 heterocycles. The van der Waals surface area contributed by atoms with Crippen LogP contribution in [0, 0.1) is 6.92 Å². The second-order valence-electron chi connectivity index (χ2n) is 3.39. The third-order valence-electron chi connectivity index (χ3n) is 2.09. The standard InChI is InChI=1S/C12H15NO2/c1-9-5-3-4-6-11(9)12(15)13-8-7-10(2)14/h3-6,14H,2,7-8H2,1H3,(H,13,15). The molecule has 0 aromatic heterocycles. The van der Waals surface area contributed by atoms with Gasteiger partial charge in [-0.15, -0.1) is 0 Å². The second-order valence-corrected chi connectivity index (χ2v) is 3.39. The fourth-order valence-electron chi connectivity index (χ4n) is 1.24. The van der Waals surface area contributed by atoms with Gasteiger partial charge in [0.05, 0.1) is 5.76 Å². The summed E-state index contributed by atoms with van der Waals surface area (Å²) in [5.41, 5.74) is 1.61. The Morgan fingerprint density at radius 1 is 1.47 bits per heavy atom. The van der Waals surface area contributed by atoms with E-state index in [-0.39, 0.29) is 11.7 Å². The summed E-state index contributed by atoms with van der Waals surface area (Å²) in [6, 6.07) is 7.38. The zero-order valence-electron chi connectivity index (χ0n) is 8.79. The molecular weight excluding hydrogens is 190 g/mol. The van der Waals surface area contributed by atoms with Crippen molar-refractivity contribution in [1.82, 2.24) is 5.32 Å². The Kier molecular flexibility index (Phi) is 3.92. The smallest absolute Gasteiger partial charge is 0.251 e. The summed E-state index contributed by atoms with van der Waals surface area (Å²) < 4.78 is 0. The molecule has 3 heteroatoms. The first-order valence-electron chi connectivity index (χ1n) is 4.82. The van der Waals surface area contributed by atoms with Gasteiger partial charge < -0.3 is 10.4 Å². The van der Waals surface area contributed by atoms with Crippen LogP contribution < -0.4 is 5.32 Å². The molecule has 0 fully saturated rings. The molecule has 1 aromatic carbocycles. The van der Waals surface area contributed by atoms with Gasteiger partial charge in [0.15, 0.2) is 0 Å². The van der Waals surface area contributed by atoms with Crippen LogP contribution in [0.4, 0.5) is 0 Å². The highest BCUT2D eigenvalue weighted by molar-refractivity contribution is 5.95.